The Labute approximate surface area is 127 Å². The van der Waals surface area contributed by atoms with Crippen molar-refractivity contribution in [2.45, 2.75) is 26.7 Å². The summed E-state index contributed by atoms with van der Waals surface area (Å²) in [5.41, 5.74) is 0.856. The molecule has 1 N–H and O–H groups in total. The molecule has 1 saturated carbocycles. The molecule has 1 amide bonds. The summed E-state index contributed by atoms with van der Waals surface area (Å²) in [6, 6.07) is 1.84. The minimum atomic E-state index is -0.295. The highest BCUT2D eigenvalue weighted by Gasteiger charge is 2.30. The molecule has 6 heteroatoms. The number of amides is 1. The molecule has 0 atom stereocenters. The van der Waals surface area contributed by atoms with Gasteiger partial charge in [0.05, 0.1) is 5.00 Å². The summed E-state index contributed by atoms with van der Waals surface area (Å²) in [4.78, 5) is 24.2. The van der Waals surface area contributed by atoms with Crippen LogP contribution in [0.3, 0.4) is 0 Å². The van der Waals surface area contributed by atoms with Crippen molar-refractivity contribution in [1.29, 1.82) is 0 Å². The zero-order valence-electron chi connectivity index (χ0n) is 11.7. The number of anilines is 1. The molecule has 4 nitrogen and oxygen atoms in total. The zero-order valence-corrected chi connectivity index (χ0v) is 13.4. The molecule has 1 aromatic heterocycles. The molecule has 0 aromatic carbocycles. The molecule has 1 heterocycles. The molecule has 0 saturated heterocycles. The number of rotatable bonds is 7. The number of carbonyl (C=O) groups is 2. The Bertz CT molecular complexity index is 495. The van der Waals surface area contributed by atoms with E-state index in [1.165, 1.54) is 11.3 Å². The lowest BCUT2D eigenvalue weighted by Gasteiger charge is -2.03. The van der Waals surface area contributed by atoms with Gasteiger partial charge in [0, 0.05) is 11.7 Å². The van der Waals surface area contributed by atoms with Crippen molar-refractivity contribution in [3.63, 3.8) is 0 Å². The van der Waals surface area contributed by atoms with E-state index in [0.717, 1.165) is 34.9 Å². The van der Waals surface area contributed by atoms with E-state index < -0.39 is 0 Å². The van der Waals surface area contributed by atoms with Crippen LogP contribution < -0.4 is 5.32 Å². The number of esters is 1. The van der Waals surface area contributed by atoms with Crippen molar-refractivity contribution in [3.8, 4) is 0 Å². The van der Waals surface area contributed by atoms with Gasteiger partial charge in [0.25, 0.3) is 0 Å². The molecule has 0 aliphatic heterocycles. The Morgan fingerprint density at radius 3 is 2.90 bits per heavy atom. The van der Waals surface area contributed by atoms with Gasteiger partial charge in [-0.05, 0) is 37.1 Å². The van der Waals surface area contributed by atoms with Crippen LogP contribution in [0.4, 0.5) is 5.00 Å². The summed E-state index contributed by atoms with van der Waals surface area (Å²) in [6.45, 7) is 4.36. The Balaban J connectivity index is 1.88. The summed E-state index contributed by atoms with van der Waals surface area (Å²) >= 11 is 3.03. The predicted octanol–water partition coefficient (Wildman–Crippen LogP) is 3.31. The molecule has 1 aliphatic rings. The molecule has 20 heavy (non-hydrogen) atoms. The molecule has 0 radical (unpaired) electrons. The Kier molecular flexibility index (Phi) is 5.48. The molecule has 1 aliphatic carbocycles. The van der Waals surface area contributed by atoms with Crippen molar-refractivity contribution in [2.24, 2.45) is 5.92 Å². The lowest BCUT2D eigenvalue weighted by atomic mass is 10.3. The van der Waals surface area contributed by atoms with E-state index in [1.54, 1.807) is 11.8 Å². The van der Waals surface area contributed by atoms with E-state index >= 15 is 0 Å². The number of aryl methyl sites for hydroxylation is 1. The maximum Gasteiger partial charge on any atom is 0.348 e. The molecular formula is C14H19NO3S2. The van der Waals surface area contributed by atoms with Crippen molar-refractivity contribution in [1.82, 2.24) is 0 Å². The first-order chi connectivity index (χ1) is 9.61. The van der Waals surface area contributed by atoms with Crippen molar-refractivity contribution in [2.75, 3.05) is 23.4 Å². The second-order valence-electron chi connectivity index (χ2n) is 4.72. The van der Waals surface area contributed by atoms with Crippen LogP contribution in [-0.4, -0.2) is 30.0 Å². The minimum absolute atomic E-state index is 0.0607. The third-order valence-electron chi connectivity index (χ3n) is 2.96. The van der Waals surface area contributed by atoms with E-state index in [4.69, 9.17) is 4.74 Å². The van der Waals surface area contributed by atoms with E-state index in [-0.39, 0.29) is 17.8 Å². The minimum Gasteiger partial charge on any atom is -0.461 e. The number of ether oxygens (including phenoxy) is 1. The first-order valence-electron chi connectivity index (χ1n) is 6.78. The molecular weight excluding hydrogens is 294 g/mol. The van der Waals surface area contributed by atoms with Crippen LogP contribution in [0.1, 0.15) is 35.0 Å². The largest absolute Gasteiger partial charge is 0.461 e. The quantitative estimate of drug-likeness (QED) is 0.620. The van der Waals surface area contributed by atoms with Gasteiger partial charge in [-0.25, -0.2) is 4.79 Å². The zero-order chi connectivity index (χ0) is 14.5. The highest BCUT2D eigenvalue weighted by Crippen LogP contribution is 2.33. The van der Waals surface area contributed by atoms with Gasteiger partial charge in [-0.2, -0.15) is 11.8 Å². The molecule has 1 aromatic rings. The average Bonchev–Trinajstić information content (AvgIpc) is 3.19. The first kappa shape index (κ1) is 15.4. The van der Waals surface area contributed by atoms with Gasteiger partial charge in [-0.3, -0.25) is 4.79 Å². The summed E-state index contributed by atoms with van der Waals surface area (Å²) in [7, 11) is 0. The lowest BCUT2D eigenvalue weighted by molar-refractivity contribution is -0.117. The van der Waals surface area contributed by atoms with Crippen LogP contribution >= 0.6 is 23.1 Å². The van der Waals surface area contributed by atoms with Gasteiger partial charge in [-0.1, -0.05) is 6.92 Å². The van der Waals surface area contributed by atoms with Gasteiger partial charge >= 0.3 is 5.97 Å². The topological polar surface area (TPSA) is 55.4 Å². The summed E-state index contributed by atoms with van der Waals surface area (Å²) in [5.74, 6) is 1.77. The Hall–Kier alpha value is -1.01. The highest BCUT2D eigenvalue weighted by atomic mass is 32.2. The third kappa shape index (κ3) is 4.24. The number of thioether (sulfide) groups is 1. The predicted molar refractivity (Wildman–Crippen MR) is 83.7 cm³/mol. The maximum absolute atomic E-state index is 11.9. The summed E-state index contributed by atoms with van der Waals surface area (Å²) < 4.78 is 5.23. The van der Waals surface area contributed by atoms with Gasteiger partial charge in [0.2, 0.25) is 5.91 Å². The van der Waals surface area contributed by atoms with Crippen molar-refractivity contribution >= 4 is 40.0 Å². The van der Waals surface area contributed by atoms with E-state index in [1.807, 2.05) is 13.0 Å². The number of hydrogen-bond donors (Lipinski definition) is 1. The second kappa shape index (κ2) is 7.13. The van der Waals surface area contributed by atoms with Crippen LogP contribution in [0.2, 0.25) is 0 Å². The van der Waals surface area contributed by atoms with Crippen LogP contribution in [0, 0.1) is 12.8 Å². The molecule has 0 bridgehead atoms. The van der Waals surface area contributed by atoms with Gasteiger partial charge in [0.1, 0.15) is 11.5 Å². The Morgan fingerprint density at radius 1 is 1.50 bits per heavy atom. The van der Waals surface area contributed by atoms with Crippen LogP contribution in [0.15, 0.2) is 6.07 Å². The van der Waals surface area contributed by atoms with Crippen LogP contribution in [0.5, 0.6) is 0 Å². The van der Waals surface area contributed by atoms with Crippen molar-refractivity contribution in [3.05, 3.63) is 16.5 Å². The average molecular weight is 313 g/mol. The standard InChI is InChI=1S/C14H19NO3S2/c1-3-19-7-6-18-14(17)12-9(2)8-11(20-12)15-13(16)10-4-5-10/h8,10H,3-7H2,1-2H3,(H,15,16). The van der Waals surface area contributed by atoms with Gasteiger partial charge < -0.3 is 10.1 Å². The van der Waals surface area contributed by atoms with Crippen molar-refractivity contribution < 1.29 is 14.3 Å². The summed E-state index contributed by atoms with van der Waals surface area (Å²) in [5, 5.41) is 3.59. The molecule has 110 valence electrons. The number of hydrogen-bond acceptors (Lipinski definition) is 5. The Morgan fingerprint density at radius 2 is 2.25 bits per heavy atom. The maximum atomic E-state index is 11.9. The first-order valence-corrected chi connectivity index (χ1v) is 8.75. The lowest BCUT2D eigenvalue weighted by Crippen LogP contribution is -2.12. The van der Waals surface area contributed by atoms with E-state index in [9.17, 15) is 9.59 Å². The fourth-order valence-electron chi connectivity index (χ4n) is 1.72. The fraction of sp³-hybridized carbons (Fsp3) is 0.571. The second-order valence-corrected chi connectivity index (χ2v) is 7.17. The molecule has 0 unspecified atom stereocenters. The van der Waals surface area contributed by atoms with Gasteiger partial charge in [-0.15, -0.1) is 11.3 Å². The number of carbonyl (C=O) groups excluding carboxylic acids is 2. The number of thiophene rings is 1. The van der Waals surface area contributed by atoms with E-state index in [2.05, 4.69) is 12.2 Å². The monoisotopic (exact) mass is 313 g/mol. The smallest absolute Gasteiger partial charge is 0.348 e. The molecule has 0 spiro atoms. The van der Waals surface area contributed by atoms with Gasteiger partial charge in [0.15, 0.2) is 0 Å². The summed E-state index contributed by atoms with van der Waals surface area (Å²) in [6.07, 6.45) is 1.94. The highest BCUT2D eigenvalue weighted by molar-refractivity contribution is 7.99. The van der Waals surface area contributed by atoms with E-state index in [0.29, 0.717) is 11.5 Å². The third-order valence-corrected chi connectivity index (χ3v) is 4.96. The SMILES string of the molecule is CCSCCOC(=O)c1sc(NC(=O)C2CC2)cc1C. The molecule has 1 fully saturated rings. The van der Waals surface area contributed by atoms with Crippen LogP contribution in [0.25, 0.3) is 0 Å². The number of nitrogens with one attached hydrogen (secondary N) is 1. The normalized spacial score (nSPS) is 14.1. The molecule has 2 rings (SSSR count). The fourth-order valence-corrected chi connectivity index (χ4v) is 3.18. The van der Waals surface area contributed by atoms with Crippen LogP contribution in [-0.2, 0) is 9.53 Å².